The maximum atomic E-state index is 13.6. The summed E-state index contributed by atoms with van der Waals surface area (Å²) in [4.78, 5) is 42.9. The molecular formula is C32H34BrFN4O9. The van der Waals surface area contributed by atoms with Gasteiger partial charge in [-0.3, -0.25) is 9.59 Å². The predicted octanol–water partition coefficient (Wildman–Crippen LogP) is 2.51. The van der Waals surface area contributed by atoms with E-state index in [1.165, 1.54) is 24.3 Å². The summed E-state index contributed by atoms with van der Waals surface area (Å²) in [7, 11) is 2.07. The van der Waals surface area contributed by atoms with Gasteiger partial charge < -0.3 is 50.3 Å². The van der Waals surface area contributed by atoms with Crippen LogP contribution < -0.4 is 20.3 Å². The number of rotatable bonds is 8. The molecule has 6 N–H and O–H groups in total. The molecule has 0 radical (unpaired) electrons. The van der Waals surface area contributed by atoms with Crippen molar-refractivity contribution in [1.29, 1.82) is 0 Å². The molecule has 0 aliphatic carbocycles. The molecule has 13 nitrogen and oxygen atoms in total. The molecule has 5 atom stereocenters. The molecule has 0 spiro atoms. The lowest BCUT2D eigenvalue weighted by Gasteiger charge is -2.38. The van der Waals surface area contributed by atoms with Crippen LogP contribution in [-0.2, 0) is 9.53 Å². The average Bonchev–Trinajstić information content (AvgIpc) is 3.27. The van der Waals surface area contributed by atoms with Gasteiger partial charge in [0.2, 0.25) is 6.29 Å². The van der Waals surface area contributed by atoms with E-state index in [9.17, 15) is 39.2 Å². The van der Waals surface area contributed by atoms with Crippen molar-refractivity contribution >= 4 is 50.8 Å². The molecule has 15 heteroatoms. The van der Waals surface area contributed by atoms with E-state index in [2.05, 4.69) is 43.4 Å². The Balaban J connectivity index is 1.46. The second-order valence-electron chi connectivity index (χ2n) is 11.3. The van der Waals surface area contributed by atoms with Gasteiger partial charge in [0.1, 0.15) is 35.6 Å². The number of hydrogen-bond acceptors (Lipinski definition) is 10. The standard InChI is InChI=1S/C32H34BrFN4O9/c1-37-11-2-12-38(14-13-37)21-9-5-18(6-10-21)30(43)36-24-22(35-29(42)17-3-7-20(34)8-4-17)15-19(33)16-23(24)46-32-27(41)25(39)26(40)28(47-32)31(44)45/h3-10,15-16,25-28,32,39-41H,2,11-14H2,1H3,(H,35,42)(H,36,43)(H,44,45)/t25-,26-,27+,28-,32+/m0/s1. The number of carboxylic acid groups (broad SMARTS) is 1. The highest BCUT2D eigenvalue weighted by Gasteiger charge is 2.48. The van der Waals surface area contributed by atoms with Crippen molar-refractivity contribution in [3.05, 3.63) is 82.1 Å². The summed E-state index contributed by atoms with van der Waals surface area (Å²) in [5.74, 6) is -3.59. The van der Waals surface area contributed by atoms with E-state index < -0.39 is 54.3 Å². The van der Waals surface area contributed by atoms with Crippen LogP contribution in [0.1, 0.15) is 27.1 Å². The number of hydrogen-bond donors (Lipinski definition) is 6. The minimum absolute atomic E-state index is 0.0167. The molecular weight excluding hydrogens is 683 g/mol. The number of amides is 2. The number of carboxylic acids is 1. The van der Waals surface area contributed by atoms with Gasteiger partial charge in [-0.2, -0.15) is 0 Å². The van der Waals surface area contributed by atoms with E-state index in [1.807, 2.05) is 12.1 Å². The van der Waals surface area contributed by atoms with Gasteiger partial charge in [-0.1, -0.05) is 15.9 Å². The first kappa shape index (κ1) is 34.2. The molecule has 0 bridgehead atoms. The van der Waals surface area contributed by atoms with E-state index in [4.69, 9.17) is 9.47 Å². The highest BCUT2D eigenvalue weighted by molar-refractivity contribution is 9.10. The maximum Gasteiger partial charge on any atom is 0.335 e. The van der Waals surface area contributed by atoms with Gasteiger partial charge in [0.05, 0.1) is 5.69 Å². The van der Waals surface area contributed by atoms with Gasteiger partial charge in [-0.05, 0) is 80.7 Å². The first-order valence-corrected chi connectivity index (χ1v) is 15.5. The van der Waals surface area contributed by atoms with Crippen LogP contribution in [0.2, 0.25) is 0 Å². The number of aliphatic carboxylic acids is 1. The lowest BCUT2D eigenvalue weighted by atomic mass is 9.99. The minimum atomic E-state index is -1.95. The number of carbonyl (C=O) groups excluding carboxylic acids is 2. The molecule has 2 aliphatic heterocycles. The van der Waals surface area contributed by atoms with E-state index in [-0.39, 0.29) is 28.3 Å². The van der Waals surface area contributed by atoms with Crippen molar-refractivity contribution in [2.45, 2.75) is 37.1 Å². The van der Waals surface area contributed by atoms with Crippen molar-refractivity contribution in [2.75, 3.05) is 48.8 Å². The monoisotopic (exact) mass is 716 g/mol. The second-order valence-corrected chi connectivity index (χ2v) is 12.2. The molecule has 3 aromatic rings. The molecule has 2 heterocycles. The molecule has 5 rings (SSSR count). The third-order valence-electron chi connectivity index (χ3n) is 7.93. The average molecular weight is 718 g/mol. The number of aliphatic hydroxyl groups excluding tert-OH is 3. The van der Waals surface area contributed by atoms with E-state index in [0.717, 1.165) is 50.4 Å². The number of aliphatic hydroxyl groups is 3. The number of nitrogens with one attached hydrogen (secondary N) is 2. The van der Waals surface area contributed by atoms with Gasteiger partial charge in [0, 0.05) is 40.9 Å². The summed E-state index contributed by atoms with van der Waals surface area (Å²) in [6.45, 7) is 3.61. The Bertz CT molecular complexity index is 1610. The predicted molar refractivity (Wildman–Crippen MR) is 172 cm³/mol. The van der Waals surface area contributed by atoms with Crippen LogP contribution >= 0.6 is 15.9 Å². The highest BCUT2D eigenvalue weighted by Crippen LogP contribution is 2.39. The molecule has 3 aromatic carbocycles. The first-order valence-electron chi connectivity index (χ1n) is 14.8. The van der Waals surface area contributed by atoms with Crippen LogP contribution in [0.5, 0.6) is 5.75 Å². The number of anilines is 3. The fourth-order valence-electron chi connectivity index (χ4n) is 5.29. The zero-order valence-electron chi connectivity index (χ0n) is 25.2. The third kappa shape index (κ3) is 8.06. The number of halogens is 2. The summed E-state index contributed by atoms with van der Waals surface area (Å²) in [6, 6.07) is 14.6. The van der Waals surface area contributed by atoms with E-state index in [0.29, 0.717) is 4.47 Å². The largest absolute Gasteiger partial charge is 0.479 e. The molecule has 2 aliphatic rings. The molecule has 2 saturated heterocycles. The SMILES string of the molecule is CN1CCCN(c2ccc(C(=O)Nc3c(NC(=O)c4ccc(F)cc4)cc(Br)cc3O[C@@H]3O[C@H](C(=O)O)[C@@H](O)[C@H](O)[C@H]3O)cc2)CC1. The van der Waals surface area contributed by atoms with Crippen LogP contribution in [0, 0.1) is 5.82 Å². The summed E-state index contributed by atoms with van der Waals surface area (Å²) in [5.41, 5.74) is 1.24. The van der Waals surface area contributed by atoms with Crippen molar-refractivity contribution in [3.63, 3.8) is 0 Å². The maximum absolute atomic E-state index is 13.6. The van der Waals surface area contributed by atoms with Gasteiger partial charge in [0.25, 0.3) is 11.8 Å². The van der Waals surface area contributed by atoms with Crippen LogP contribution in [0.4, 0.5) is 21.5 Å². The highest BCUT2D eigenvalue weighted by atomic mass is 79.9. The van der Waals surface area contributed by atoms with Crippen molar-refractivity contribution in [3.8, 4) is 5.75 Å². The van der Waals surface area contributed by atoms with Gasteiger partial charge >= 0.3 is 5.97 Å². The summed E-state index contributed by atoms with van der Waals surface area (Å²) in [6.07, 6.45) is -8.54. The third-order valence-corrected chi connectivity index (χ3v) is 8.39. The van der Waals surface area contributed by atoms with E-state index in [1.54, 1.807) is 12.1 Å². The zero-order chi connectivity index (χ0) is 33.8. The molecule has 0 saturated carbocycles. The quantitative estimate of drug-likeness (QED) is 0.202. The molecule has 47 heavy (non-hydrogen) atoms. The van der Waals surface area contributed by atoms with Crippen LogP contribution in [-0.4, -0.2) is 107 Å². The summed E-state index contributed by atoms with van der Waals surface area (Å²) < 4.78 is 24.9. The second kappa shape index (κ2) is 14.8. The number of likely N-dealkylation sites (N-methyl/N-ethyl adjacent to an activating group) is 1. The fraction of sp³-hybridized carbons (Fsp3) is 0.344. The summed E-state index contributed by atoms with van der Waals surface area (Å²) >= 11 is 3.32. The van der Waals surface area contributed by atoms with Gasteiger partial charge in [-0.15, -0.1) is 0 Å². The van der Waals surface area contributed by atoms with Crippen LogP contribution in [0.3, 0.4) is 0 Å². The Labute approximate surface area is 277 Å². The topological polar surface area (TPSA) is 181 Å². The molecule has 250 valence electrons. The zero-order valence-corrected chi connectivity index (χ0v) is 26.8. The fourth-order valence-corrected chi connectivity index (χ4v) is 5.72. The van der Waals surface area contributed by atoms with Crippen LogP contribution in [0.25, 0.3) is 0 Å². The smallest absolute Gasteiger partial charge is 0.335 e. The minimum Gasteiger partial charge on any atom is -0.479 e. The normalized spacial score (nSPS) is 23.4. The molecule has 2 fully saturated rings. The Morgan fingerprint density at radius 2 is 1.51 bits per heavy atom. The van der Waals surface area contributed by atoms with Crippen LogP contribution in [0.15, 0.2) is 65.1 Å². The molecule has 2 amide bonds. The van der Waals surface area contributed by atoms with Crippen molar-refractivity contribution in [2.24, 2.45) is 0 Å². The first-order chi connectivity index (χ1) is 22.4. The van der Waals surface area contributed by atoms with E-state index >= 15 is 0 Å². The van der Waals surface area contributed by atoms with Gasteiger partial charge in [-0.25, -0.2) is 9.18 Å². The molecule has 0 unspecified atom stereocenters. The Morgan fingerprint density at radius 1 is 0.872 bits per heavy atom. The lowest BCUT2D eigenvalue weighted by Crippen LogP contribution is -2.61. The Kier molecular flexibility index (Phi) is 10.7. The lowest BCUT2D eigenvalue weighted by molar-refractivity contribution is -0.271. The number of nitrogens with zero attached hydrogens (tertiary/aromatic N) is 2. The number of carbonyl (C=O) groups is 3. The van der Waals surface area contributed by atoms with Crippen molar-refractivity contribution in [1.82, 2.24) is 4.90 Å². The molecule has 0 aromatic heterocycles. The Hall–Kier alpha value is -4.12. The summed E-state index contributed by atoms with van der Waals surface area (Å²) in [5, 5.41) is 45.8. The van der Waals surface area contributed by atoms with Gasteiger partial charge in [0.15, 0.2) is 6.10 Å². The Morgan fingerprint density at radius 3 is 2.17 bits per heavy atom. The number of ether oxygens (including phenoxy) is 2. The van der Waals surface area contributed by atoms with Crippen molar-refractivity contribution < 1.29 is 48.7 Å². The number of benzene rings is 3.